The first-order valence-electron chi connectivity index (χ1n) is 7.24. The van der Waals surface area contributed by atoms with E-state index in [-0.39, 0.29) is 17.0 Å². The molecule has 1 aromatic carbocycles. The number of pyridine rings is 1. The quantitative estimate of drug-likeness (QED) is 0.584. The van der Waals surface area contributed by atoms with Crippen LogP contribution < -0.4 is 0 Å². The van der Waals surface area contributed by atoms with E-state index in [1.807, 2.05) is 12.3 Å². The number of halogens is 1. The number of hydrogen-bond acceptors (Lipinski definition) is 3. The van der Waals surface area contributed by atoms with Crippen molar-refractivity contribution >= 4 is 28.3 Å². The van der Waals surface area contributed by atoms with Gasteiger partial charge in [-0.25, -0.2) is 4.98 Å². The van der Waals surface area contributed by atoms with Crippen LogP contribution in [0.2, 0.25) is 0 Å². The molecule has 0 saturated carbocycles. The minimum absolute atomic E-state index is 0. The summed E-state index contributed by atoms with van der Waals surface area (Å²) >= 11 is 1.69. The van der Waals surface area contributed by atoms with Gasteiger partial charge >= 0.3 is 0 Å². The molecule has 3 rings (SSSR count). The molecule has 2 heterocycles. The highest BCUT2D eigenvalue weighted by atomic mass is 79.9. The van der Waals surface area contributed by atoms with Crippen LogP contribution in [0.15, 0.2) is 48.0 Å². The van der Waals surface area contributed by atoms with Crippen LogP contribution in [0.3, 0.4) is 0 Å². The van der Waals surface area contributed by atoms with Gasteiger partial charge in [0.05, 0.1) is 5.69 Å². The number of benzene rings is 1. The van der Waals surface area contributed by atoms with Gasteiger partial charge < -0.3 is 0 Å². The first-order chi connectivity index (χ1) is 10.3. The Labute approximate surface area is 146 Å². The number of aromatic nitrogens is 2. The van der Waals surface area contributed by atoms with Crippen molar-refractivity contribution in [3.05, 3.63) is 59.2 Å². The summed E-state index contributed by atoms with van der Waals surface area (Å²) in [6, 6.07) is 12.7. The third-order valence-corrected chi connectivity index (χ3v) is 4.31. The van der Waals surface area contributed by atoms with Crippen LogP contribution in [0.4, 0.5) is 0 Å². The standard InChI is InChI=1S/C18H18N2S.BrH/c1-3-4-16-11-15(9-10-19-16)18-20-17(12-21-18)14-7-5-13(2)6-8-14;/h5-12H,3-4H2,1-2H3;1H. The minimum Gasteiger partial charge on any atom is -0.261 e. The molecule has 0 saturated heterocycles. The average Bonchev–Trinajstić information content (AvgIpc) is 2.98. The van der Waals surface area contributed by atoms with E-state index in [0.717, 1.165) is 34.8 Å². The summed E-state index contributed by atoms with van der Waals surface area (Å²) in [7, 11) is 0. The third-order valence-electron chi connectivity index (χ3n) is 3.42. The molecule has 0 aliphatic rings. The summed E-state index contributed by atoms with van der Waals surface area (Å²) < 4.78 is 0. The molecular formula is C18H19BrN2S. The lowest BCUT2D eigenvalue weighted by molar-refractivity contribution is 0.883. The molecule has 0 amide bonds. The Morgan fingerprint density at radius 2 is 1.82 bits per heavy atom. The third kappa shape index (κ3) is 3.81. The predicted molar refractivity (Wildman–Crippen MR) is 99.8 cm³/mol. The molecule has 0 N–H and O–H groups in total. The summed E-state index contributed by atoms with van der Waals surface area (Å²) in [4.78, 5) is 9.18. The second-order valence-corrected chi connectivity index (χ2v) is 6.05. The fraction of sp³-hybridized carbons (Fsp3) is 0.222. The van der Waals surface area contributed by atoms with Crippen molar-refractivity contribution in [2.24, 2.45) is 0 Å². The number of hydrogen-bond donors (Lipinski definition) is 0. The van der Waals surface area contributed by atoms with Gasteiger partial charge in [-0.2, -0.15) is 0 Å². The second kappa shape index (κ2) is 7.65. The van der Waals surface area contributed by atoms with Crippen molar-refractivity contribution < 1.29 is 0 Å². The van der Waals surface area contributed by atoms with Crippen LogP contribution >= 0.6 is 28.3 Å². The van der Waals surface area contributed by atoms with E-state index in [1.54, 1.807) is 11.3 Å². The van der Waals surface area contributed by atoms with Gasteiger partial charge in [0.25, 0.3) is 0 Å². The summed E-state index contributed by atoms with van der Waals surface area (Å²) in [6.45, 7) is 4.27. The van der Waals surface area contributed by atoms with E-state index in [1.165, 1.54) is 11.1 Å². The minimum atomic E-state index is 0. The van der Waals surface area contributed by atoms with Crippen LogP contribution in [-0.4, -0.2) is 9.97 Å². The number of rotatable bonds is 4. The molecular weight excluding hydrogens is 356 g/mol. The van der Waals surface area contributed by atoms with Crippen molar-refractivity contribution in [1.82, 2.24) is 9.97 Å². The highest BCUT2D eigenvalue weighted by Crippen LogP contribution is 2.29. The molecule has 0 radical (unpaired) electrons. The molecule has 0 atom stereocenters. The van der Waals surface area contributed by atoms with Crippen molar-refractivity contribution in [2.45, 2.75) is 26.7 Å². The van der Waals surface area contributed by atoms with Gasteiger partial charge in [-0.05, 0) is 25.5 Å². The Morgan fingerprint density at radius 3 is 2.55 bits per heavy atom. The Balaban J connectivity index is 0.00000176. The first kappa shape index (κ1) is 16.8. The number of thiazole rings is 1. The normalized spacial score (nSPS) is 10.3. The van der Waals surface area contributed by atoms with E-state index in [4.69, 9.17) is 4.98 Å². The Hall–Kier alpha value is -1.52. The van der Waals surface area contributed by atoms with E-state index < -0.39 is 0 Å². The SMILES string of the molecule is Br.CCCc1cc(-c2nc(-c3ccc(C)cc3)cs2)ccn1. The molecule has 0 fully saturated rings. The maximum atomic E-state index is 4.77. The lowest BCUT2D eigenvalue weighted by atomic mass is 10.1. The van der Waals surface area contributed by atoms with Crippen LogP contribution in [0.5, 0.6) is 0 Å². The molecule has 0 aliphatic carbocycles. The predicted octanol–water partition coefficient (Wildman–Crippen LogP) is 5.71. The monoisotopic (exact) mass is 374 g/mol. The number of nitrogens with zero attached hydrogens (tertiary/aromatic N) is 2. The van der Waals surface area contributed by atoms with Gasteiger partial charge in [0.15, 0.2) is 0 Å². The van der Waals surface area contributed by atoms with Crippen LogP contribution in [0.1, 0.15) is 24.6 Å². The topological polar surface area (TPSA) is 25.8 Å². The van der Waals surface area contributed by atoms with Crippen molar-refractivity contribution in [3.63, 3.8) is 0 Å². The highest BCUT2D eigenvalue weighted by Gasteiger charge is 2.07. The van der Waals surface area contributed by atoms with Gasteiger partial charge in [0.1, 0.15) is 5.01 Å². The van der Waals surface area contributed by atoms with Gasteiger partial charge in [0, 0.05) is 28.4 Å². The average molecular weight is 375 g/mol. The Bertz CT molecular complexity index is 735. The van der Waals surface area contributed by atoms with Gasteiger partial charge in [-0.15, -0.1) is 28.3 Å². The molecule has 0 unspecified atom stereocenters. The van der Waals surface area contributed by atoms with Crippen LogP contribution in [0.25, 0.3) is 21.8 Å². The van der Waals surface area contributed by atoms with Gasteiger partial charge in [-0.1, -0.05) is 43.2 Å². The summed E-state index contributed by atoms with van der Waals surface area (Å²) in [5, 5.41) is 3.19. The van der Waals surface area contributed by atoms with Crippen molar-refractivity contribution in [2.75, 3.05) is 0 Å². The highest BCUT2D eigenvalue weighted by molar-refractivity contribution is 8.93. The zero-order valence-corrected chi connectivity index (χ0v) is 15.3. The smallest absolute Gasteiger partial charge is 0.124 e. The molecule has 114 valence electrons. The lowest BCUT2D eigenvalue weighted by Gasteiger charge is -2.01. The van der Waals surface area contributed by atoms with E-state index in [0.29, 0.717) is 0 Å². The van der Waals surface area contributed by atoms with E-state index in [9.17, 15) is 0 Å². The molecule has 3 aromatic rings. The molecule has 4 heteroatoms. The molecule has 2 aromatic heterocycles. The Morgan fingerprint density at radius 1 is 1.05 bits per heavy atom. The van der Waals surface area contributed by atoms with E-state index in [2.05, 4.69) is 54.5 Å². The van der Waals surface area contributed by atoms with Crippen molar-refractivity contribution in [3.8, 4) is 21.8 Å². The zero-order valence-electron chi connectivity index (χ0n) is 12.7. The molecule has 0 aliphatic heterocycles. The summed E-state index contributed by atoms with van der Waals surface area (Å²) in [6.07, 6.45) is 4.01. The fourth-order valence-electron chi connectivity index (χ4n) is 2.27. The molecule has 22 heavy (non-hydrogen) atoms. The van der Waals surface area contributed by atoms with Crippen molar-refractivity contribution in [1.29, 1.82) is 0 Å². The van der Waals surface area contributed by atoms with Gasteiger partial charge in [-0.3, -0.25) is 4.98 Å². The summed E-state index contributed by atoms with van der Waals surface area (Å²) in [5.41, 5.74) is 5.79. The summed E-state index contributed by atoms with van der Waals surface area (Å²) in [5.74, 6) is 0. The van der Waals surface area contributed by atoms with Crippen LogP contribution in [0, 0.1) is 6.92 Å². The maximum absolute atomic E-state index is 4.77. The Kier molecular flexibility index (Phi) is 5.86. The lowest BCUT2D eigenvalue weighted by Crippen LogP contribution is -1.89. The second-order valence-electron chi connectivity index (χ2n) is 5.19. The molecule has 0 spiro atoms. The number of aryl methyl sites for hydroxylation is 2. The zero-order chi connectivity index (χ0) is 14.7. The van der Waals surface area contributed by atoms with Crippen LogP contribution in [-0.2, 0) is 6.42 Å². The fourth-order valence-corrected chi connectivity index (χ4v) is 3.09. The first-order valence-corrected chi connectivity index (χ1v) is 8.12. The van der Waals surface area contributed by atoms with E-state index >= 15 is 0 Å². The molecule has 2 nitrogen and oxygen atoms in total. The maximum Gasteiger partial charge on any atom is 0.124 e. The largest absolute Gasteiger partial charge is 0.261 e. The van der Waals surface area contributed by atoms with Gasteiger partial charge in [0.2, 0.25) is 0 Å². The molecule has 0 bridgehead atoms.